The Bertz CT molecular complexity index is 1010. The topological polar surface area (TPSA) is 112 Å². The number of carbonyl (C=O) groups is 3. The number of phenolic OH excluding ortho intramolecular Hbond substituents is 2. The number of ketones is 2. The lowest BCUT2D eigenvalue weighted by molar-refractivity contribution is 0.0702. The molecule has 0 spiro atoms. The molecule has 1 aliphatic rings. The Balaban J connectivity index is 2.12. The van der Waals surface area contributed by atoms with Crippen molar-refractivity contribution in [3.63, 3.8) is 0 Å². The molecule has 1 heterocycles. The summed E-state index contributed by atoms with van der Waals surface area (Å²) in [6, 6.07) is 7.42. The summed E-state index contributed by atoms with van der Waals surface area (Å²) in [7, 11) is 0. The van der Waals surface area contributed by atoms with Gasteiger partial charge in [0, 0.05) is 16.3 Å². The Morgan fingerprint density at radius 2 is 1.46 bits per heavy atom. The molecule has 0 saturated carbocycles. The van der Waals surface area contributed by atoms with Crippen molar-refractivity contribution in [1.82, 2.24) is 0 Å². The number of fused-ring (bicyclic) bond motifs is 3. The SMILES string of the molecule is O=C(O)c1cc2c(s1)C(=O)c1c(c(O)c3ccccc3c1O)C2=O. The molecule has 1 aliphatic carbocycles. The van der Waals surface area contributed by atoms with Crippen LogP contribution in [0.5, 0.6) is 11.5 Å². The van der Waals surface area contributed by atoms with Gasteiger partial charge in [0.2, 0.25) is 5.78 Å². The minimum atomic E-state index is -1.25. The fraction of sp³-hybridized carbons (Fsp3) is 0. The van der Waals surface area contributed by atoms with Crippen molar-refractivity contribution in [1.29, 1.82) is 0 Å². The molecule has 0 saturated heterocycles. The highest BCUT2D eigenvalue weighted by Crippen LogP contribution is 2.45. The molecule has 0 radical (unpaired) electrons. The van der Waals surface area contributed by atoms with Crippen LogP contribution in [0, 0.1) is 0 Å². The maximum absolute atomic E-state index is 12.7. The first kappa shape index (κ1) is 14.4. The van der Waals surface area contributed by atoms with Crippen molar-refractivity contribution in [2.75, 3.05) is 0 Å². The van der Waals surface area contributed by atoms with E-state index in [1.54, 1.807) is 12.1 Å². The summed E-state index contributed by atoms with van der Waals surface area (Å²) in [5.74, 6) is -3.40. The van der Waals surface area contributed by atoms with Crippen molar-refractivity contribution in [3.05, 3.63) is 56.8 Å². The molecular formula is C17H8O6S. The number of thiophene rings is 1. The molecular weight excluding hydrogens is 332 g/mol. The molecule has 0 atom stereocenters. The molecule has 0 fully saturated rings. The van der Waals surface area contributed by atoms with Crippen molar-refractivity contribution in [3.8, 4) is 11.5 Å². The van der Waals surface area contributed by atoms with Gasteiger partial charge in [0.05, 0.1) is 16.0 Å². The predicted molar refractivity (Wildman–Crippen MR) is 85.4 cm³/mol. The van der Waals surface area contributed by atoms with Gasteiger partial charge in [-0.05, 0) is 6.07 Å². The van der Waals surface area contributed by atoms with Crippen LogP contribution >= 0.6 is 11.3 Å². The van der Waals surface area contributed by atoms with Crippen molar-refractivity contribution >= 4 is 39.6 Å². The number of hydrogen-bond donors (Lipinski definition) is 3. The average molecular weight is 340 g/mol. The van der Waals surface area contributed by atoms with Crippen LogP contribution < -0.4 is 0 Å². The van der Waals surface area contributed by atoms with E-state index in [1.807, 2.05) is 0 Å². The van der Waals surface area contributed by atoms with Crippen molar-refractivity contribution in [2.24, 2.45) is 0 Å². The van der Waals surface area contributed by atoms with Crippen LogP contribution in [0.2, 0.25) is 0 Å². The predicted octanol–water partition coefficient (Wildman–Crippen LogP) is 2.79. The Kier molecular flexibility index (Phi) is 2.79. The highest BCUT2D eigenvalue weighted by Gasteiger charge is 2.38. The lowest BCUT2D eigenvalue weighted by atomic mass is 9.85. The fourth-order valence-electron chi connectivity index (χ4n) is 2.93. The van der Waals surface area contributed by atoms with Gasteiger partial charge in [-0.25, -0.2) is 4.79 Å². The number of benzene rings is 2. The van der Waals surface area contributed by atoms with E-state index in [4.69, 9.17) is 5.11 Å². The zero-order valence-corrected chi connectivity index (χ0v) is 12.7. The van der Waals surface area contributed by atoms with Gasteiger partial charge in [0.15, 0.2) is 5.78 Å². The average Bonchev–Trinajstić information content (AvgIpc) is 3.02. The summed E-state index contributed by atoms with van der Waals surface area (Å²) in [6.07, 6.45) is 0. The number of carboxylic acid groups (broad SMARTS) is 1. The van der Waals surface area contributed by atoms with Gasteiger partial charge in [-0.1, -0.05) is 24.3 Å². The normalized spacial score (nSPS) is 13.0. The molecule has 0 amide bonds. The van der Waals surface area contributed by atoms with E-state index in [0.717, 1.165) is 6.07 Å². The summed E-state index contributed by atoms with van der Waals surface area (Å²) in [5.41, 5.74) is -0.652. The Morgan fingerprint density at radius 1 is 0.917 bits per heavy atom. The standard InChI is InChI=1S/C17H8O6S/c18-12-6-3-1-2-4-7(6)13(19)11-10(12)14(20)8-5-9(17(22)23)24-16(8)15(11)21/h1-5,18-19H,(H,22,23). The van der Waals surface area contributed by atoms with Crippen molar-refractivity contribution < 1.29 is 29.7 Å². The van der Waals surface area contributed by atoms with Gasteiger partial charge in [-0.15, -0.1) is 11.3 Å². The van der Waals surface area contributed by atoms with E-state index in [0.29, 0.717) is 11.3 Å². The molecule has 0 aliphatic heterocycles. The summed E-state index contributed by atoms with van der Waals surface area (Å²) in [5, 5.41) is 30.5. The molecule has 3 aromatic rings. The van der Waals surface area contributed by atoms with E-state index >= 15 is 0 Å². The largest absolute Gasteiger partial charge is 0.506 e. The van der Waals surface area contributed by atoms with Crippen LogP contribution in [0.15, 0.2) is 30.3 Å². The molecule has 0 bridgehead atoms. The number of phenols is 2. The molecule has 118 valence electrons. The summed E-state index contributed by atoms with van der Waals surface area (Å²) in [4.78, 5) is 36.3. The number of hydrogen-bond acceptors (Lipinski definition) is 6. The van der Waals surface area contributed by atoms with Crippen molar-refractivity contribution in [2.45, 2.75) is 0 Å². The van der Waals surface area contributed by atoms with Crippen LogP contribution in [0.4, 0.5) is 0 Å². The zero-order chi connectivity index (χ0) is 17.2. The molecule has 1 aromatic heterocycles. The molecule has 2 aromatic carbocycles. The van der Waals surface area contributed by atoms with Crippen LogP contribution in [0.3, 0.4) is 0 Å². The van der Waals surface area contributed by atoms with Gasteiger partial charge in [-0.2, -0.15) is 0 Å². The Morgan fingerprint density at radius 3 is 2.00 bits per heavy atom. The third-order valence-electron chi connectivity index (χ3n) is 4.01. The first-order chi connectivity index (χ1) is 11.4. The smallest absolute Gasteiger partial charge is 0.345 e. The molecule has 6 nitrogen and oxygen atoms in total. The molecule has 24 heavy (non-hydrogen) atoms. The maximum Gasteiger partial charge on any atom is 0.345 e. The highest BCUT2D eigenvalue weighted by molar-refractivity contribution is 7.16. The van der Waals surface area contributed by atoms with Gasteiger partial charge >= 0.3 is 5.97 Å². The summed E-state index contributed by atoms with van der Waals surface area (Å²) >= 11 is 0.676. The minimum absolute atomic E-state index is 0.0464. The van der Waals surface area contributed by atoms with Crippen LogP contribution in [-0.2, 0) is 0 Å². The number of aromatic carboxylic acids is 1. The molecule has 3 N–H and O–H groups in total. The van der Waals surface area contributed by atoms with Crippen LogP contribution in [-0.4, -0.2) is 32.9 Å². The van der Waals surface area contributed by atoms with E-state index in [2.05, 4.69) is 0 Å². The monoisotopic (exact) mass is 340 g/mol. The second kappa shape index (κ2) is 4.65. The van der Waals surface area contributed by atoms with Crippen LogP contribution in [0.25, 0.3) is 10.8 Å². The first-order valence-corrected chi connectivity index (χ1v) is 7.66. The van der Waals surface area contributed by atoms with E-state index < -0.39 is 29.0 Å². The van der Waals surface area contributed by atoms with Gasteiger partial charge < -0.3 is 15.3 Å². The van der Waals surface area contributed by atoms with E-state index in [-0.39, 0.29) is 37.2 Å². The quantitative estimate of drug-likeness (QED) is 0.459. The van der Waals surface area contributed by atoms with E-state index in [1.165, 1.54) is 12.1 Å². The lowest BCUT2D eigenvalue weighted by Gasteiger charge is -2.18. The third-order valence-corrected chi connectivity index (χ3v) is 5.13. The van der Waals surface area contributed by atoms with E-state index in [9.17, 15) is 24.6 Å². The number of aromatic hydroxyl groups is 2. The zero-order valence-electron chi connectivity index (χ0n) is 11.9. The second-order valence-corrected chi connectivity index (χ2v) is 6.36. The highest BCUT2D eigenvalue weighted by atomic mass is 32.1. The summed E-state index contributed by atoms with van der Waals surface area (Å²) < 4.78 is 0. The van der Waals surface area contributed by atoms with Gasteiger partial charge in [0.1, 0.15) is 16.4 Å². The number of carbonyl (C=O) groups excluding carboxylic acids is 2. The minimum Gasteiger partial charge on any atom is -0.506 e. The second-order valence-electron chi connectivity index (χ2n) is 5.31. The fourth-order valence-corrected chi connectivity index (χ4v) is 3.87. The Hall–Kier alpha value is -3.19. The Labute approximate surface area is 138 Å². The summed E-state index contributed by atoms with van der Waals surface area (Å²) in [6.45, 7) is 0. The molecule has 4 rings (SSSR count). The lowest BCUT2D eigenvalue weighted by Crippen LogP contribution is -2.19. The number of carboxylic acids is 1. The van der Waals surface area contributed by atoms with Gasteiger partial charge in [0.25, 0.3) is 0 Å². The van der Waals surface area contributed by atoms with Gasteiger partial charge in [-0.3, -0.25) is 9.59 Å². The third kappa shape index (κ3) is 1.67. The van der Waals surface area contributed by atoms with Crippen LogP contribution in [0.1, 0.15) is 40.8 Å². The maximum atomic E-state index is 12.7. The first-order valence-electron chi connectivity index (χ1n) is 6.85. The molecule has 7 heteroatoms. The number of rotatable bonds is 1. The molecule has 0 unspecified atom stereocenters.